The van der Waals surface area contributed by atoms with Gasteiger partial charge in [0, 0.05) is 23.5 Å². The zero-order chi connectivity index (χ0) is 23.2. The maximum absolute atomic E-state index is 14.1. The predicted molar refractivity (Wildman–Crippen MR) is 113 cm³/mol. The van der Waals surface area contributed by atoms with Crippen LogP contribution in [-0.2, 0) is 11.0 Å². The molecular formula is C22H13F3N6O2. The Balaban J connectivity index is 1.59. The number of pyridine rings is 1. The van der Waals surface area contributed by atoms with Crippen molar-refractivity contribution in [2.24, 2.45) is 0 Å². The van der Waals surface area contributed by atoms with E-state index in [2.05, 4.69) is 20.8 Å². The standard InChI is InChI=1S/C22H13F3N6O2/c23-22(24,25)20-17(21(33)29-13-4-5-14-6-9-27-30(14)11-13)10-28-31(20)19-3-1-2-15-16(19)7-8-26-18(15)12-32/h1-11,26H,(H,29,33). The molecule has 4 heterocycles. The fraction of sp³-hybridized carbons (Fsp3) is 0.0455. The molecule has 2 N–H and O–H groups in total. The number of anilines is 1. The quantitative estimate of drug-likeness (QED) is 0.466. The van der Waals surface area contributed by atoms with Crippen LogP contribution in [0.2, 0.25) is 0 Å². The highest BCUT2D eigenvalue weighted by molar-refractivity contribution is 6.05. The zero-order valence-electron chi connectivity index (χ0n) is 16.6. The molecule has 1 aliphatic rings. The summed E-state index contributed by atoms with van der Waals surface area (Å²) >= 11 is 0. The molecule has 164 valence electrons. The van der Waals surface area contributed by atoms with Crippen molar-refractivity contribution in [1.82, 2.24) is 24.7 Å². The molecule has 0 spiro atoms. The Bertz CT molecular complexity index is 1490. The third-order valence-electron chi connectivity index (χ3n) is 5.10. The van der Waals surface area contributed by atoms with Crippen molar-refractivity contribution in [1.29, 1.82) is 0 Å². The maximum Gasteiger partial charge on any atom is 0.434 e. The predicted octanol–water partition coefficient (Wildman–Crippen LogP) is 3.54. The van der Waals surface area contributed by atoms with Crippen molar-refractivity contribution < 1.29 is 22.8 Å². The van der Waals surface area contributed by atoms with Crippen LogP contribution in [0.4, 0.5) is 18.9 Å². The number of fused-ring (bicyclic) bond motifs is 2. The molecule has 1 aliphatic heterocycles. The van der Waals surface area contributed by atoms with Gasteiger partial charge in [0.2, 0.25) is 0 Å². The molecule has 11 heteroatoms. The van der Waals surface area contributed by atoms with Crippen molar-refractivity contribution in [2.45, 2.75) is 6.18 Å². The fourth-order valence-electron chi connectivity index (χ4n) is 3.66. The van der Waals surface area contributed by atoms with Crippen LogP contribution < -0.4 is 10.6 Å². The van der Waals surface area contributed by atoms with Gasteiger partial charge in [0.15, 0.2) is 11.6 Å². The third kappa shape index (κ3) is 3.46. The fourth-order valence-corrected chi connectivity index (χ4v) is 3.66. The van der Waals surface area contributed by atoms with Gasteiger partial charge >= 0.3 is 6.18 Å². The minimum absolute atomic E-state index is 0.0577. The SMILES string of the molecule is O=C=C1NC=Cc2c1cccc2-n1ncc(C(=O)Nc2ccc3ccnn3c2)c1C(F)(F)F. The van der Waals surface area contributed by atoms with Crippen molar-refractivity contribution in [3.63, 3.8) is 0 Å². The molecule has 0 bridgehead atoms. The van der Waals surface area contributed by atoms with Crippen LogP contribution in [0, 0.1) is 0 Å². The molecule has 5 rings (SSSR count). The lowest BCUT2D eigenvalue weighted by Crippen LogP contribution is -2.21. The van der Waals surface area contributed by atoms with Gasteiger partial charge in [-0.1, -0.05) is 12.1 Å². The average Bonchev–Trinajstić information content (AvgIpc) is 3.45. The monoisotopic (exact) mass is 450 g/mol. The van der Waals surface area contributed by atoms with Crippen LogP contribution in [-0.4, -0.2) is 31.2 Å². The molecule has 33 heavy (non-hydrogen) atoms. The molecule has 0 radical (unpaired) electrons. The molecule has 0 atom stereocenters. The first-order chi connectivity index (χ1) is 15.9. The van der Waals surface area contributed by atoms with E-state index in [0.29, 0.717) is 15.8 Å². The van der Waals surface area contributed by atoms with Gasteiger partial charge in [-0.2, -0.15) is 23.4 Å². The molecule has 3 aromatic heterocycles. The number of benzene rings is 1. The Kier molecular flexibility index (Phi) is 4.61. The lowest BCUT2D eigenvalue weighted by molar-refractivity contribution is -0.143. The Morgan fingerprint density at radius 3 is 2.76 bits per heavy atom. The second kappa shape index (κ2) is 7.50. The van der Waals surface area contributed by atoms with Gasteiger partial charge in [0.1, 0.15) is 5.70 Å². The Morgan fingerprint density at radius 1 is 1.12 bits per heavy atom. The third-order valence-corrected chi connectivity index (χ3v) is 5.10. The van der Waals surface area contributed by atoms with Crippen molar-refractivity contribution in [3.8, 4) is 5.69 Å². The second-order valence-corrected chi connectivity index (χ2v) is 7.08. The first-order valence-corrected chi connectivity index (χ1v) is 9.59. The lowest BCUT2D eigenvalue weighted by atomic mass is 10.0. The largest absolute Gasteiger partial charge is 0.434 e. The second-order valence-electron chi connectivity index (χ2n) is 7.08. The summed E-state index contributed by atoms with van der Waals surface area (Å²) in [4.78, 5) is 24.0. The number of hydrogen-bond donors (Lipinski definition) is 2. The van der Waals surface area contributed by atoms with Crippen LogP contribution in [0.3, 0.4) is 0 Å². The van der Waals surface area contributed by atoms with Gasteiger partial charge in [0.05, 0.1) is 34.8 Å². The highest BCUT2D eigenvalue weighted by Crippen LogP contribution is 2.36. The molecule has 4 aromatic rings. The molecule has 0 saturated carbocycles. The highest BCUT2D eigenvalue weighted by atomic mass is 19.4. The van der Waals surface area contributed by atoms with Crippen LogP contribution in [0.1, 0.15) is 27.2 Å². The summed E-state index contributed by atoms with van der Waals surface area (Å²) in [6, 6.07) is 9.47. The molecular weight excluding hydrogens is 437 g/mol. The number of nitrogens with zero attached hydrogens (tertiary/aromatic N) is 4. The summed E-state index contributed by atoms with van der Waals surface area (Å²) in [7, 11) is 0. The Morgan fingerprint density at radius 2 is 1.97 bits per heavy atom. The van der Waals surface area contributed by atoms with Crippen molar-refractivity contribution in [2.75, 3.05) is 5.32 Å². The van der Waals surface area contributed by atoms with E-state index < -0.39 is 23.3 Å². The molecule has 8 nitrogen and oxygen atoms in total. The molecule has 0 aliphatic carbocycles. The number of aromatic nitrogens is 4. The number of alkyl halides is 3. The van der Waals surface area contributed by atoms with Gasteiger partial charge in [-0.15, -0.1) is 0 Å². The summed E-state index contributed by atoms with van der Waals surface area (Å²) in [6.45, 7) is 0. The summed E-state index contributed by atoms with van der Waals surface area (Å²) in [6.07, 6.45) is 1.96. The summed E-state index contributed by atoms with van der Waals surface area (Å²) in [5, 5.41) is 13.1. The zero-order valence-corrected chi connectivity index (χ0v) is 16.6. The van der Waals surface area contributed by atoms with Crippen LogP contribution in [0.5, 0.6) is 0 Å². The van der Waals surface area contributed by atoms with E-state index in [1.807, 2.05) is 0 Å². The van der Waals surface area contributed by atoms with Crippen LogP contribution in [0.15, 0.2) is 61.2 Å². The number of carbonyl (C=O) groups is 1. The van der Waals surface area contributed by atoms with Crippen molar-refractivity contribution in [3.05, 3.63) is 83.6 Å². The minimum Gasteiger partial charge on any atom is -0.352 e. The van der Waals surface area contributed by atoms with E-state index in [9.17, 15) is 22.8 Å². The number of amides is 1. The number of halogens is 3. The average molecular weight is 450 g/mol. The maximum atomic E-state index is 14.1. The highest BCUT2D eigenvalue weighted by Gasteiger charge is 2.41. The van der Waals surface area contributed by atoms with Gasteiger partial charge in [-0.25, -0.2) is 14.0 Å². The van der Waals surface area contributed by atoms with Crippen LogP contribution >= 0.6 is 0 Å². The van der Waals surface area contributed by atoms with Gasteiger partial charge < -0.3 is 10.6 Å². The number of carbonyl (C=O) groups excluding carboxylic acids is 2. The smallest absolute Gasteiger partial charge is 0.352 e. The summed E-state index contributed by atoms with van der Waals surface area (Å²) in [5.41, 5.74) is -0.0152. The van der Waals surface area contributed by atoms with Crippen molar-refractivity contribution >= 4 is 34.8 Å². The normalized spacial score (nSPS) is 12.9. The van der Waals surface area contributed by atoms with E-state index in [1.165, 1.54) is 35.1 Å². The van der Waals surface area contributed by atoms with E-state index in [0.717, 1.165) is 11.7 Å². The Labute approximate surface area is 183 Å². The molecule has 0 unspecified atom stereocenters. The van der Waals surface area contributed by atoms with E-state index in [4.69, 9.17) is 0 Å². The first kappa shape index (κ1) is 20.3. The molecule has 1 aromatic carbocycles. The number of hydrogen-bond acceptors (Lipinski definition) is 5. The molecule has 0 fully saturated rings. The first-order valence-electron chi connectivity index (χ1n) is 9.59. The topological polar surface area (TPSA) is 93.3 Å². The van der Waals surface area contributed by atoms with E-state index >= 15 is 0 Å². The van der Waals surface area contributed by atoms with Gasteiger partial charge in [-0.05, 0) is 30.3 Å². The molecule has 1 amide bonds. The summed E-state index contributed by atoms with van der Waals surface area (Å²) in [5.74, 6) is 0.750. The lowest BCUT2D eigenvalue weighted by Gasteiger charge is -2.19. The number of nitrogens with one attached hydrogen (secondary N) is 2. The minimum atomic E-state index is -4.89. The van der Waals surface area contributed by atoms with E-state index in [1.54, 1.807) is 36.4 Å². The van der Waals surface area contributed by atoms with E-state index in [-0.39, 0.29) is 17.1 Å². The number of rotatable bonds is 3. The van der Waals surface area contributed by atoms with Gasteiger partial charge in [0.25, 0.3) is 5.91 Å². The summed E-state index contributed by atoms with van der Waals surface area (Å²) < 4.78 is 44.5. The molecule has 0 saturated heterocycles. The van der Waals surface area contributed by atoms with Gasteiger partial charge in [-0.3, -0.25) is 4.79 Å². The van der Waals surface area contributed by atoms with Crippen LogP contribution in [0.25, 0.3) is 23.0 Å². The Hall–Kier alpha value is -4.63.